The molecule has 3 heteroatoms. The zero-order valence-electron chi connectivity index (χ0n) is 5.47. The van der Waals surface area contributed by atoms with E-state index in [-0.39, 0.29) is 0 Å². The summed E-state index contributed by atoms with van der Waals surface area (Å²) in [4.78, 5) is 4.42. The largest absolute Gasteiger partial charge is 0.479 e. The standard InChI is InChI=1S/C5H11NO2/c1-4-8-5(2)6-7-3/h4H2,1-3H3/b6-5-. The number of nitrogens with zero attached hydrogens (tertiary/aromatic N) is 1. The van der Waals surface area contributed by atoms with E-state index < -0.39 is 0 Å². The van der Waals surface area contributed by atoms with Crippen molar-refractivity contribution < 1.29 is 9.57 Å². The first kappa shape index (κ1) is 7.27. The highest BCUT2D eigenvalue weighted by molar-refractivity contribution is 5.72. The quantitative estimate of drug-likeness (QED) is 0.307. The van der Waals surface area contributed by atoms with Gasteiger partial charge in [0.05, 0.1) is 6.61 Å². The van der Waals surface area contributed by atoms with Crippen molar-refractivity contribution in [1.29, 1.82) is 0 Å². The molecule has 0 aliphatic carbocycles. The number of rotatable bonds is 2. The molecule has 0 unspecified atom stereocenters. The second-order valence-corrected chi connectivity index (χ2v) is 1.23. The molecule has 0 aromatic rings. The number of oxime groups is 1. The molecule has 0 saturated heterocycles. The number of hydrogen-bond donors (Lipinski definition) is 0. The summed E-state index contributed by atoms with van der Waals surface area (Å²) in [6, 6.07) is 0. The van der Waals surface area contributed by atoms with Crippen LogP contribution in [0.25, 0.3) is 0 Å². The Kier molecular flexibility index (Phi) is 4.03. The lowest BCUT2D eigenvalue weighted by molar-refractivity contribution is 0.192. The van der Waals surface area contributed by atoms with E-state index in [0.717, 1.165) is 0 Å². The van der Waals surface area contributed by atoms with Gasteiger partial charge in [-0.25, -0.2) is 0 Å². The fourth-order valence-corrected chi connectivity index (χ4v) is 0.364. The van der Waals surface area contributed by atoms with Gasteiger partial charge in [-0.15, -0.1) is 0 Å². The zero-order valence-corrected chi connectivity index (χ0v) is 5.47. The van der Waals surface area contributed by atoms with E-state index >= 15 is 0 Å². The summed E-state index contributed by atoms with van der Waals surface area (Å²) in [5.41, 5.74) is 0. The molecule has 0 spiro atoms. The first-order chi connectivity index (χ1) is 3.81. The summed E-state index contributed by atoms with van der Waals surface area (Å²) in [6.45, 7) is 4.28. The molecule has 0 aliphatic heterocycles. The van der Waals surface area contributed by atoms with Crippen LogP contribution in [0, 0.1) is 0 Å². The van der Waals surface area contributed by atoms with Crippen LogP contribution in [0.2, 0.25) is 0 Å². The first-order valence-corrected chi connectivity index (χ1v) is 2.51. The predicted octanol–water partition coefficient (Wildman–Crippen LogP) is 1.00. The van der Waals surface area contributed by atoms with Crippen molar-refractivity contribution in [2.75, 3.05) is 13.7 Å². The molecule has 0 saturated carbocycles. The van der Waals surface area contributed by atoms with Gasteiger partial charge < -0.3 is 9.57 Å². The molecule has 48 valence electrons. The van der Waals surface area contributed by atoms with Crippen molar-refractivity contribution in [3.05, 3.63) is 0 Å². The van der Waals surface area contributed by atoms with Crippen molar-refractivity contribution >= 4 is 5.90 Å². The monoisotopic (exact) mass is 117 g/mol. The number of ether oxygens (including phenoxy) is 1. The lowest BCUT2D eigenvalue weighted by atomic mass is 10.7. The first-order valence-electron chi connectivity index (χ1n) is 2.51. The Morgan fingerprint density at radius 2 is 2.25 bits per heavy atom. The van der Waals surface area contributed by atoms with Gasteiger partial charge in [0.15, 0.2) is 0 Å². The van der Waals surface area contributed by atoms with Gasteiger partial charge in [0.1, 0.15) is 7.11 Å². The van der Waals surface area contributed by atoms with Gasteiger partial charge in [0, 0.05) is 6.92 Å². The van der Waals surface area contributed by atoms with Gasteiger partial charge in [-0.2, -0.15) is 0 Å². The molecule has 0 fully saturated rings. The molecule has 0 N–H and O–H groups in total. The third-order valence-electron chi connectivity index (χ3n) is 0.573. The topological polar surface area (TPSA) is 30.8 Å². The molecule has 0 aromatic heterocycles. The molecule has 0 aliphatic rings. The minimum atomic E-state index is 0.565. The lowest BCUT2D eigenvalue weighted by Crippen LogP contribution is -1.98. The predicted molar refractivity (Wildman–Crippen MR) is 31.7 cm³/mol. The van der Waals surface area contributed by atoms with Crippen LogP contribution in [0.15, 0.2) is 5.16 Å². The van der Waals surface area contributed by atoms with Crippen molar-refractivity contribution in [3.8, 4) is 0 Å². The Bertz CT molecular complexity index is 80.5. The smallest absolute Gasteiger partial charge is 0.222 e. The summed E-state index contributed by atoms with van der Waals surface area (Å²) in [6.07, 6.45) is 0. The maximum absolute atomic E-state index is 4.91. The SMILES string of the molecule is CCO/C(C)=N\OC. The molecule has 0 heterocycles. The average Bonchev–Trinajstić information content (AvgIpc) is 1.68. The highest BCUT2D eigenvalue weighted by Crippen LogP contribution is 1.79. The highest BCUT2D eigenvalue weighted by Gasteiger charge is 1.84. The molecule has 0 aromatic carbocycles. The van der Waals surface area contributed by atoms with E-state index in [1.54, 1.807) is 6.92 Å². The Hall–Kier alpha value is -0.730. The van der Waals surface area contributed by atoms with Gasteiger partial charge in [-0.3, -0.25) is 0 Å². The van der Waals surface area contributed by atoms with Gasteiger partial charge in [-0.05, 0) is 6.92 Å². The molecule has 0 atom stereocenters. The molecular formula is C5H11NO2. The van der Waals surface area contributed by atoms with E-state index in [9.17, 15) is 0 Å². The summed E-state index contributed by atoms with van der Waals surface area (Å²) in [5, 5.41) is 3.51. The van der Waals surface area contributed by atoms with E-state index in [4.69, 9.17) is 4.74 Å². The molecule has 0 bridgehead atoms. The Morgan fingerprint density at radius 3 is 2.62 bits per heavy atom. The Balaban J connectivity index is 3.29. The molecule has 0 amide bonds. The van der Waals surface area contributed by atoms with Crippen LogP contribution in [0.3, 0.4) is 0 Å². The fraction of sp³-hybridized carbons (Fsp3) is 0.800. The van der Waals surface area contributed by atoms with Crippen LogP contribution >= 0.6 is 0 Å². The molecule has 8 heavy (non-hydrogen) atoms. The summed E-state index contributed by atoms with van der Waals surface area (Å²) >= 11 is 0. The highest BCUT2D eigenvalue weighted by atomic mass is 16.6. The van der Waals surface area contributed by atoms with Crippen molar-refractivity contribution in [1.82, 2.24) is 0 Å². The lowest BCUT2D eigenvalue weighted by Gasteiger charge is -1.97. The third kappa shape index (κ3) is 3.46. The van der Waals surface area contributed by atoms with E-state index in [2.05, 4.69) is 9.99 Å². The Morgan fingerprint density at radius 1 is 1.62 bits per heavy atom. The molecular weight excluding hydrogens is 106 g/mol. The number of hydrogen-bond acceptors (Lipinski definition) is 3. The van der Waals surface area contributed by atoms with Crippen LogP contribution in [-0.2, 0) is 9.57 Å². The van der Waals surface area contributed by atoms with Crippen molar-refractivity contribution in [3.63, 3.8) is 0 Å². The van der Waals surface area contributed by atoms with Crippen LogP contribution in [-0.4, -0.2) is 19.6 Å². The molecule has 0 radical (unpaired) electrons. The summed E-state index contributed by atoms with van der Waals surface area (Å²) in [7, 11) is 1.49. The van der Waals surface area contributed by atoms with Crippen molar-refractivity contribution in [2.24, 2.45) is 5.16 Å². The van der Waals surface area contributed by atoms with Gasteiger partial charge in [0.2, 0.25) is 5.90 Å². The molecule has 0 rings (SSSR count). The normalized spacial score (nSPS) is 11.1. The Labute approximate surface area is 49.3 Å². The van der Waals surface area contributed by atoms with E-state index in [1.807, 2.05) is 6.92 Å². The average molecular weight is 117 g/mol. The van der Waals surface area contributed by atoms with Crippen LogP contribution in [0.1, 0.15) is 13.8 Å². The third-order valence-corrected chi connectivity index (χ3v) is 0.573. The van der Waals surface area contributed by atoms with Gasteiger partial charge in [-0.1, -0.05) is 5.16 Å². The van der Waals surface area contributed by atoms with Gasteiger partial charge >= 0.3 is 0 Å². The minimum Gasteiger partial charge on any atom is -0.479 e. The summed E-state index contributed by atoms with van der Waals surface area (Å²) in [5.74, 6) is 0.565. The van der Waals surface area contributed by atoms with Crippen LogP contribution in [0.5, 0.6) is 0 Å². The van der Waals surface area contributed by atoms with Crippen molar-refractivity contribution in [2.45, 2.75) is 13.8 Å². The maximum atomic E-state index is 4.91. The molecule has 3 nitrogen and oxygen atoms in total. The van der Waals surface area contributed by atoms with Crippen LogP contribution in [0.4, 0.5) is 0 Å². The maximum Gasteiger partial charge on any atom is 0.222 e. The minimum absolute atomic E-state index is 0.565. The second kappa shape index (κ2) is 4.43. The van der Waals surface area contributed by atoms with Crippen LogP contribution < -0.4 is 0 Å². The van der Waals surface area contributed by atoms with E-state index in [1.165, 1.54) is 7.11 Å². The summed E-state index contributed by atoms with van der Waals surface area (Å²) < 4.78 is 4.91. The van der Waals surface area contributed by atoms with Gasteiger partial charge in [0.25, 0.3) is 0 Å². The fourth-order valence-electron chi connectivity index (χ4n) is 0.364. The van der Waals surface area contributed by atoms with E-state index in [0.29, 0.717) is 12.5 Å². The second-order valence-electron chi connectivity index (χ2n) is 1.23. The zero-order chi connectivity index (χ0) is 6.41.